The molecule has 0 aliphatic heterocycles. The minimum atomic E-state index is -1.22. The van der Waals surface area contributed by atoms with E-state index in [2.05, 4.69) is 0 Å². The molecule has 0 heterocycles. The van der Waals surface area contributed by atoms with Crippen molar-refractivity contribution < 1.29 is 47.1 Å². The zero-order valence-electron chi connectivity index (χ0n) is 24.2. The van der Waals surface area contributed by atoms with Crippen molar-refractivity contribution in [3.8, 4) is 11.5 Å². The third-order valence-electron chi connectivity index (χ3n) is 5.92. The van der Waals surface area contributed by atoms with Gasteiger partial charge in [0, 0.05) is 22.3 Å². The topological polar surface area (TPSA) is 121 Å². The van der Waals surface area contributed by atoms with Crippen LogP contribution >= 0.6 is 0 Å². The molecule has 1 radical (unpaired) electrons. The summed E-state index contributed by atoms with van der Waals surface area (Å²) in [6, 6.07) is 6.00. The summed E-state index contributed by atoms with van der Waals surface area (Å²) in [5, 5.41) is 42.9. The molecule has 205 valence electrons. The smallest absolute Gasteiger partial charge is 0.545 e. The van der Waals surface area contributed by atoms with Crippen LogP contribution in [0.5, 0.6) is 11.5 Å². The number of hydrogen-bond donors (Lipinski definition) is 2. The molecule has 2 aromatic rings. The number of aromatic carboxylic acids is 2. The number of carboxylic acids is 2. The Morgan fingerprint density at radius 1 is 0.514 bits per heavy atom. The number of carboxylic acid groups (broad SMARTS) is 2. The molecule has 7 heteroatoms. The molecule has 2 N–H and O–H groups in total. The van der Waals surface area contributed by atoms with E-state index < -0.39 is 11.9 Å². The monoisotopic (exact) mass is 553 g/mol. The van der Waals surface area contributed by atoms with Gasteiger partial charge in [-0.25, -0.2) is 0 Å². The number of phenolic OH excluding ortho intramolecular Hbond substituents is 2. The first-order valence-corrected chi connectivity index (χ1v) is 12.1. The number of carbonyl (C=O) groups is 2. The van der Waals surface area contributed by atoms with E-state index in [1.165, 1.54) is 24.3 Å². The Morgan fingerprint density at radius 2 is 0.676 bits per heavy atom. The van der Waals surface area contributed by atoms with Crippen molar-refractivity contribution in [1.29, 1.82) is 0 Å². The van der Waals surface area contributed by atoms with Crippen LogP contribution in [0.2, 0.25) is 0 Å². The molecule has 0 fully saturated rings. The van der Waals surface area contributed by atoms with Crippen molar-refractivity contribution in [1.82, 2.24) is 0 Å². The maximum Gasteiger partial charge on any atom is 2.00 e. The van der Waals surface area contributed by atoms with Crippen molar-refractivity contribution in [2.24, 2.45) is 0 Å². The fraction of sp³-hybridized carbons (Fsp3) is 0.533. The molecule has 0 bridgehead atoms. The Balaban J connectivity index is 0.000000682. The van der Waals surface area contributed by atoms with Crippen molar-refractivity contribution in [3.05, 3.63) is 57.6 Å². The van der Waals surface area contributed by atoms with Gasteiger partial charge in [-0.05, 0) is 57.1 Å². The van der Waals surface area contributed by atoms with E-state index in [1.54, 1.807) is 0 Å². The standard InChI is InChI=1S/2C15H22O3.Mn/c2*1-14(2,3)10-7-9(13(17)18)8-11(12(10)16)15(4,5)6;/h2*7-8,16H,1-6H3,(H,17,18);/q;;+2/p-2. The van der Waals surface area contributed by atoms with Crippen molar-refractivity contribution in [2.75, 3.05) is 0 Å². The first-order valence-electron chi connectivity index (χ1n) is 12.1. The first kappa shape index (κ1) is 34.5. The summed E-state index contributed by atoms with van der Waals surface area (Å²) in [6.45, 7) is 23.3. The van der Waals surface area contributed by atoms with Crippen LogP contribution in [-0.4, -0.2) is 22.2 Å². The molecule has 0 amide bonds. The molecule has 2 rings (SSSR count). The molecule has 6 nitrogen and oxygen atoms in total. The predicted molar refractivity (Wildman–Crippen MR) is 140 cm³/mol. The number of phenols is 2. The van der Waals surface area contributed by atoms with Gasteiger partial charge in [-0.3, -0.25) is 0 Å². The first-order chi connectivity index (χ1) is 15.9. The van der Waals surface area contributed by atoms with Crippen LogP contribution in [0.3, 0.4) is 0 Å². The normalized spacial score (nSPS) is 12.2. The van der Waals surface area contributed by atoms with Crippen molar-refractivity contribution in [2.45, 2.75) is 105 Å². The summed E-state index contributed by atoms with van der Waals surface area (Å²) in [7, 11) is 0. The maximum atomic E-state index is 11.1. The summed E-state index contributed by atoms with van der Waals surface area (Å²) < 4.78 is 0. The Bertz CT molecular complexity index is 975. The fourth-order valence-electron chi connectivity index (χ4n) is 3.79. The van der Waals surface area contributed by atoms with Crippen LogP contribution in [-0.2, 0) is 38.7 Å². The van der Waals surface area contributed by atoms with E-state index >= 15 is 0 Å². The van der Waals surface area contributed by atoms with Crippen LogP contribution in [0.1, 0.15) is 126 Å². The Labute approximate surface area is 232 Å². The number of carbonyl (C=O) groups excluding carboxylic acids is 2. The average molecular weight is 554 g/mol. The van der Waals surface area contributed by atoms with Gasteiger partial charge in [0.1, 0.15) is 11.5 Å². The molecule has 0 aliphatic rings. The van der Waals surface area contributed by atoms with E-state index in [-0.39, 0.29) is 61.4 Å². The van der Waals surface area contributed by atoms with E-state index in [0.717, 1.165) is 0 Å². The molecule has 37 heavy (non-hydrogen) atoms. The van der Waals surface area contributed by atoms with Crippen LogP contribution in [0.25, 0.3) is 0 Å². The van der Waals surface area contributed by atoms with Gasteiger partial charge >= 0.3 is 17.1 Å². The zero-order chi connectivity index (χ0) is 28.6. The van der Waals surface area contributed by atoms with Crippen molar-refractivity contribution >= 4 is 11.9 Å². The number of hydrogen-bond acceptors (Lipinski definition) is 6. The second-order valence-electron chi connectivity index (χ2n) is 13.4. The number of aromatic hydroxyl groups is 2. The molecule has 0 saturated carbocycles. The third kappa shape index (κ3) is 8.79. The minimum Gasteiger partial charge on any atom is -0.545 e. The van der Waals surface area contributed by atoms with Gasteiger partial charge in [-0.1, -0.05) is 83.1 Å². The van der Waals surface area contributed by atoms with E-state index in [4.69, 9.17) is 0 Å². The van der Waals surface area contributed by atoms with E-state index in [1.807, 2.05) is 83.1 Å². The van der Waals surface area contributed by atoms with Gasteiger partial charge in [0.2, 0.25) is 0 Å². The molecule has 0 spiro atoms. The van der Waals surface area contributed by atoms with Crippen LogP contribution in [0.4, 0.5) is 0 Å². The van der Waals surface area contributed by atoms with Gasteiger partial charge in [-0.15, -0.1) is 0 Å². The second kappa shape index (κ2) is 11.5. The van der Waals surface area contributed by atoms with Gasteiger partial charge in [0.15, 0.2) is 0 Å². The van der Waals surface area contributed by atoms with Gasteiger partial charge < -0.3 is 30.0 Å². The molecule has 0 saturated heterocycles. The van der Waals surface area contributed by atoms with Crippen molar-refractivity contribution in [3.63, 3.8) is 0 Å². The largest absolute Gasteiger partial charge is 2.00 e. The maximum absolute atomic E-state index is 11.1. The van der Waals surface area contributed by atoms with Gasteiger partial charge in [0.25, 0.3) is 0 Å². The summed E-state index contributed by atoms with van der Waals surface area (Å²) in [5.41, 5.74) is 1.47. The minimum absolute atomic E-state index is 0. The van der Waals surface area contributed by atoms with E-state index in [0.29, 0.717) is 22.3 Å². The number of rotatable bonds is 2. The summed E-state index contributed by atoms with van der Waals surface area (Å²) >= 11 is 0. The fourth-order valence-corrected chi connectivity index (χ4v) is 3.79. The molecule has 2 aromatic carbocycles. The van der Waals surface area contributed by atoms with Gasteiger partial charge in [-0.2, -0.15) is 0 Å². The van der Waals surface area contributed by atoms with E-state index in [9.17, 15) is 30.0 Å². The van der Waals surface area contributed by atoms with Gasteiger partial charge in [0.05, 0.1) is 11.9 Å². The third-order valence-corrected chi connectivity index (χ3v) is 5.92. The zero-order valence-corrected chi connectivity index (χ0v) is 25.4. The molecule has 0 aliphatic carbocycles. The Hall–Kier alpha value is -2.50. The molecular formula is C30H42MnO6. The molecule has 0 atom stereocenters. The number of benzene rings is 2. The molecule has 0 unspecified atom stereocenters. The summed E-state index contributed by atoms with van der Waals surface area (Å²) in [5.74, 6) is -2.07. The molecular weight excluding hydrogens is 511 g/mol. The molecule has 0 aromatic heterocycles. The average Bonchev–Trinajstić information content (AvgIpc) is 2.64. The summed E-state index contributed by atoms with van der Waals surface area (Å²) in [4.78, 5) is 22.2. The Morgan fingerprint density at radius 3 is 0.784 bits per heavy atom. The van der Waals surface area contributed by atoms with Crippen LogP contribution in [0.15, 0.2) is 24.3 Å². The quantitative estimate of drug-likeness (QED) is 0.520. The van der Waals surface area contributed by atoms with Crippen LogP contribution < -0.4 is 10.2 Å². The van der Waals surface area contributed by atoms with Crippen LogP contribution in [0, 0.1) is 0 Å². The predicted octanol–water partition coefficient (Wildman–Crippen LogP) is 4.70. The Kier molecular flexibility index (Phi) is 10.7. The summed E-state index contributed by atoms with van der Waals surface area (Å²) in [6.07, 6.45) is 0. The second-order valence-corrected chi connectivity index (χ2v) is 13.4. The SMILES string of the molecule is CC(C)(C)c1cc(C(=O)[O-])cc(C(C)(C)C)c1O.CC(C)(C)c1cc(C(=O)[O-])cc(C(C)(C)C)c1O.[Mn+2].